The minimum absolute atomic E-state index is 0.0587. The van der Waals surface area contributed by atoms with Gasteiger partial charge < -0.3 is 9.47 Å². The molecule has 2 aliphatic rings. The molecule has 1 aliphatic heterocycles. The normalized spacial score (nSPS) is 23.4. The van der Waals surface area contributed by atoms with Gasteiger partial charge in [0, 0.05) is 16.9 Å². The van der Waals surface area contributed by atoms with Crippen LogP contribution >= 0.6 is 11.8 Å². The van der Waals surface area contributed by atoms with Crippen LogP contribution in [0.5, 0.6) is 11.5 Å². The lowest BCUT2D eigenvalue weighted by atomic mass is 10.1. The number of ether oxygens (including phenoxy) is 2. The van der Waals surface area contributed by atoms with E-state index >= 15 is 0 Å². The van der Waals surface area contributed by atoms with Crippen molar-refractivity contribution in [1.82, 2.24) is 0 Å². The Morgan fingerprint density at radius 2 is 2.03 bits per heavy atom. The molecule has 0 amide bonds. The Hall–Kier alpha value is -3.11. The number of nitriles is 1. The zero-order valence-electron chi connectivity index (χ0n) is 17.7. The van der Waals surface area contributed by atoms with Crippen molar-refractivity contribution >= 4 is 22.8 Å². The topological polar surface area (TPSA) is 76.4 Å². The molecule has 2 aromatic rings. The third kappa shape index (κ3) is 4.42. The molecule has 1 heterocycles. The molecular formula is C25H22FNO4S. The molecule has 3 atom stereocenters. The van der Waals surface area contributed by atoms with Gasteiger partial charge in [-0.2, -0.15) is 5.26 Å². The molecule has 7 heteroatoms. The summed E-state index contributed by atoms with van der Waals surface area (Å²) in [6.45, 7) is 3.89. The predicted molar refractivity (Wildman–Crippen MR) is 118 cm³/mol. The average molecular weight is 452 g/mol. The number of rotatable bonds is 6. The van der Waals surface area contributed by atoms with Crippen molar-refractivity contribution < 1.29 is 23.5 Å². The third-order valence-corrected chi connectivity index (χ3v) is 6.93. The average Bonchev–Trinajstić information content (AvgIpc) is 3.08. The third-order valence-electron chi connectivity index (χ3n) is 5.99. The Kier molecular flexibility index (Phi) is 6.07. The molecule has 5 nitrogen and oxygen atoms in total. The minimum Gasteiger partial charge on any atom is -0.454 e. The molecule has 1 saturated heterocycles. The number of esters is 1. The number of halogens is 1. The zero-order chi connectivity index (χ0) is 22.9. The maximum Gasteiger partial charge on any atom is 0.311 e. The highest BCUT2D eigenvalue weighted by molar-refractivity contribution is 8.14. The summed E-state index contributed by atoms with van der Waals surface area (Å²) in [5, 5.41) is 9.68. The maximum absolute atomic E-state index is 14.3. The Morgan fingerprint density at radius 1 is 1.28 bits per heavy atom. The first kappa shape index (κ1) is 22.1. The number of allylic oxidation sites excluding steroid dienone is 1. The number of benzene rings is 2. The van der Waals surface area contributed by atoms with Crippen LogP contribution in [0.4, 0.5) is 4.39 Å². The van der Waals surface area contributed by atoms with E-state index in [1.165, 1.54) is 30.0 Å². The van der Waals surface area contributed by atoms with E-state index < -0.39 is 23.8 Å². The van der Waals surface area contributed by atoms with Crippen molar-refractivity contribution in [2.24, 2.45) is 17.3 Å². The van der Waals surface area contributed by atoms with Crippen LogP contribution in [0.15, 0.2) is 60.2 Å². The summed E-state index contributed by atoms with van der Waals surface area (Å²) in [7, 11) is 0. The molecule has 0 radical (unpaired) electrons. The van der Waals surface area contributed by atoms with Gasteiger partial charge in [-0.15, -0.1) is 0 Å². The molecule has 164 valence electrons. The van der Waals surface area contributed by atoms with Crippen LogP contribution in [0, 0.1) is 34.4 Å². The van der Waals surface area contributed by atoms with Gasteiger partial charge in [-0.05, 0) is 42.0 Å². The van der Waals surface area contributed by atoms with Crippen LogP contribution in [0.3, 0.4) is 0 Å². The van der Waals surface area contributed by atoms with Gasteiger partial charge in [-0.3, -0.25) is 9.59 Å². The van der Waals surface area contributed by atoms with Crippen molar-refractivity contribution in [2.75, 3.05) is 5.75 Å². The second-order valence-electron chi connectivity index (χ2n) is 8.45. The van der Waals surface area contributed by atoms with Crippen LogP contribution < -0.4 is 4.74 Å². The largest absolute Gasteiger partial charge is 0.454 e. The number of carbonyl (C=O) groups excluding carboxylic acids is 2. The Morgan fingerprint density at radius 3 is 2.69 bits per heavy atom. The highest BCUT2D eigenvalue weighted by Crippen LogP contribution is 2.60. The van der Waals surface area contributed by atoms with E-state index in [2.05, 4.69) is 0 Å². The molecule has 0 N–H and O–H groups in total. The monoisotopic (exact) mass is 451 g/mol. The Balaban J connectivity index is 1.49. The standard InChI is InChI=1S/C25H22FNO4S/c1-25(2)18(12-16-10-11-32-24(16)29)22(25)23(28)31-21(14-27)15-8-9-19(26)20(13-15)30-17-6-4-3-5-7-17/h3-9,12-13,18,21-22H,10-11H2,1-2H3/t18-,21+,22-/m0/s1. The molecule has 0 bridgehead atoms. The Labute approximate surface area is 190 Å². The fourth-order valence-corrected chi connectivity index (χ4v) is 4.85. The van der Waals surface area contributed by atoms with E-state index in [1.54, 1.807) is 24.3 Å². The van der Waals surface area contributed by atoms with Gasteiger partial charge in [-0.1, -0.05) is 56.0 Å². The van der Waals surface area contributed by atoms with Crippen molar-refractivity contribution in [3.05, 3.63) is 71.6 Å². The lowest BCUT2D eigenvalue weighted by molar-refractivity contribution is -0.149. The summed E-state index contributed by atoms with van der Waals surface area (Å²) < 4.78 is 25.3. The minimum atomic E-state index is -1.20. The van der Waals surface area contributed by atoms with Crippen molar-refractivity contribution in [3.63, 3.8) is 0 Å². The van der Waals surface area contributed by atoms with Gasteiger partial charge in [0.1, 0.15) is 11.8 Å². The summed E-state index contributed by atoms with van der Waals surface area (Å²) in [5.74, 6) is -0.490. The first-order valence-corrected chi connectivity index (χ1v) is 11.3. The highest BCUT2D eigenvalue weighted by Gasteiger charge is 2.62. The van der Waals surface area contributed by atoms with Crippen LogP contribution in [-0.2, 0) is 14.3 Å². The second-order valence-corrected chi connectivity index (χ2v) is 9.52. The quantitative estimate of drug-likeness (QED) is 0.421. The summed E-state index contributed by atoms with van der Waals surface area (Å²) in [5.41, 5.74) is 0.715. The van der Waals surface area contributed by atoms with Gasteiger partial charge in [0.2, 0.25) is 11.2 Å². The fourth-order valence-electron chi connectivity index (χ4n) is 3.99. The maximum atomic E-state index is 14.3. The molecule has 32 heavy (non-hydrogen) atoms. The van der Waals surface area contributed by atoms with Crippen molar-refractivity contribution in [3.8, 4) is 17.6 Å². The molecule has 4 rings (SSSR count). The molecule has 0 spiro atoms. The van der Waals surface area contributed by atoms with Gasteiger partial charge in [0.25, 0.3) is 0 Å². The van der Waals surface area contributed by atoms with E-state index in [1.807, 2.05) is 32.1 Å². The molecule has 1 aliphatic carbocycles. The van der Waals surface area contributed by atoms with Gasteiger partial charge >= 0.3 is 5.97 Å². The molecule has 2 fully saturated rings. The van der Waals surface area contributed by atoms with Crippen LogP contribution in [0.1, 0.15) is 31.9 Å². The van der Waals surface area contributed by atoms with Crippen molar-refractivity contribution in [1.29, 1.82) is 5.26 Å². The van der Waals surface area contributed by atoms with Crippen LogP contribution in [0.2, 0.25) is 0 Å². The summed E-state index contributed by atoms with van der Waals surface area (Å²) in [6.07, 6.45) is 1.40. The first-order chi connectivity index (χ1) is 15.3. The number of thioether (sulfide) groups is 1. The van der Waals surface area contributed by atoms with E-state index in [0.29, 0.717) is 17.7 Å². The number of nitrogens with zero attached hydrogens (tertiary/aromatic N) is 1. The predicted octanol–water partition coefficient (Wildman–Crippen LogP) is 5.59. The number of carbonyl (C=O) groups is 2. The highest BCUT2D eigenvalue weighted by atomic mass is 32.2. The fraction of sp³-hybridized carbons (Fsp3) is 0.320. The van der Waals surface area contributed by atoms with Crippen LogP contribution in [-0.4, -0.2) is 16.8 Å². The van der Waals surface area contributed by atoms with E-state index in [9.17, 15) is 19.2 Å². The van der Waals surface area contributed by atoms with Gasteiger partial charge in [-0.25, -0.2) is 4.39 Å². The summed E-state index contributed by atoms with van der Waals surface area (Å²) in [4.78, 5) is 24.8. The first-order valence-electron chi connectivity index (χ1n) is 10.3. The summed E-state index contributed by atoms with van der Waals surface area (Å²) >= 11 is 1.29. The summed E-state index contributed by atoms with van der Waals surface area (Å²) in [6, 6.07) is 14.6. The van der Waals surface area contributed by atoms with Gasteiger partial charge in [0.15, 0.2) is 11.6 Å². The number of hydrogen-bond donors (Lipinski definition) is 0. The van der Waals surface area contributed by atoms with Crippen LogP contribution in [0.25, 0.3) is 0 Å². The number of hydrogen-bond acceptors (Lipinski definition) is 6. The SMILES string of the molecule is CC1(C)[C@H](C(=O)O[C@H](C#N)c2ccc(F)c(Oc3ccccc3)c2)[C@@H]1C=C1CCSC1=O. The van der Waals surface area contributed by atoms with Gasteiger partial charge in [0.05, 0.1) is 5.92 Å². The van der Waals surface area contributed by atoms with E-state index in [0.717, 1.165) is 11.3 Å². The smallest absolute Gasteiger partial charge is 0.311 e. The second kappa shape index (κ2) is 8.79. The van der Waals surface area contributed by atoms with E-state index in [4.69, 9.17) is 9.47 Å². The molecule has 2 aromatic carbocycles. The van der Waals surface area contributed by atoms with Crippen molar-refractivity contribution in [2.45, 2.75) is 26.4 Å². The molecule has 0 aromatic heterocycles. The molecule has 1 saturated carbocycles. The Bertz CT molecular complexity index is 1120. The zero-order valence-corrected chi connectivity index (χ0v) is 18.5. The molecule has 0 unspecified atom stereocenters. The lowest BCUT2D eigenvalue weighted by Crippen LogP contribution is -2.14. The number of para-hydroxylation sites is 1. The molecular weight excluding hydrogens is 429 g/mol. The lowest BCUT2D eigenvalue weighted by Gasteiger charge is -2.14. The van der Waals surface area contributed by atoms with E-state index in [-0.39, 0.29) is 22.2 Å².